The molecule has 2 rings (SSSR count). The van der Waals surface area contributed by atoms with Gasteiger partial charge >= 0.3 is 5.97 Å². The molecule has 0 spiro atoms. The van der Waals surface area contributed by atoms with E-state index in [0.29, 0.717) is 15.8 Å². The molecule has 0 aliphatic rings. The van der Waals surface area contributed by atoms with Gasteiger partial charge < -0.3 is 9.84 Å². The highest BCUT2D eigenvalue weighted by atomic mass is 35.5. The molecule has 0 aromatic carbocycles. The largest absolute Gasteiger partial charge is 0.481 e. The van der Waals surface area contributed by atoms with Crippen LogP contribution in [0.3, 0.4) is 0 Å². The van der Waals surface area contributed by atoms with Gasteiger partial charge in [-0.15, -0.1) is 11.3 Å². The molecule has 0 aliphatic carbocycles. The van der Waals surface area contributed by atoms with Gasteiger partial charge in [-0.2, -0.15) is 0 Å². The number of hydrogen-bond donors (Lipinski definition) is 2. The van der Waals surface area contributed by atoms with E-state index >= 15 is 0 Å². The number of carbonyl (C=O) groups is 2. The topological polar surface area (TPSA) is 101 Å². The molecule has 0 bridgehead atoms. The Hall–Kier alpha value is -2.19. The maximum atomic E-state index is 12.3. The van der Waals surface area contributed by atoms with Crippen molar-refractivity contribution in [2.75, 3.05) is 5.32 Å². The summed E-state index contributed by atoms with van der Waals surface area (Å²) in [5.74, 6) is -1.14. The number of carboxylic acids is 1. The second-order valence-corrected chi connectivity index (χ2v) is 6.39. The van der Waals surface area contributed by atoms with Crippen molar-refractivity contribution in [3.05, 3.63) is 34.4 Å². The van der Waals surface area contributed by atoms with Crippen LogP contribution in [0.15, 0.2) is 23.7 Å². The molecular weight excluding hydrogens is 342 g/mol. The Balaban J connectivity index is 2.01. The van der Waals surface area contributed by atoms with Crippen molar-refractivity contribution in [1.29, 1.82) is 0 Å². The smallest absolute Gasteiger partial charge is 0.309 e. The summed E-state index contributed by atoms with van der Waals surface area (Å²) in [4.78, 5) is 30.9. The zero-order chi connectivity index (χ0) is 17.0. The number of amides is 1. The Morgan fingerprint density at radius 3 is 2.78 bits per heavy atom. The highest BCUT2D eigenvalue weighted by Crippen LogP contribution is 2.21. The Bertz CT molecular complexity index is 715. The van der Waals surface area contributed by atoms with Gasteiger partial charge in [-0.25, -0.2) is 9.97 Å². The number of halogens is 1. The van der Waals surface area contributed by atoms with E-state index in [1.165, 1.54) is 6.20 Å². The number of pyridine rings is 1. The molecule has 0 saturated carbocycles. The average molecular weight is 356 g/mol. The summed E-state index contributed by atoms with van der Waals surface area (Å²) in [5.41, 5.74) is -0.810. The van der Waals surface area contributed by atoms with E-state index < -0.39 is 17.5 Å². The van der Waals surface area contributed by atoms with Crippen molar-refractivity contribution in [1.82, 2.24) is 9.97 Å². The lowest BCUT2D eigenvalue weighted by atomic mass is 10.1. The lowest BCUT2D eigenvalue weighted by Crippen LogP contribution is -2.42. The van der Waals surface area contributed by atoms with Crippen LogP contribution in [-0.4, -0.2) is 32.6 Å². The first-order chi connectivity index (χ1) is 10.8. The van der Waals surface area contributed by atoms with Crippen LogP contribution >= 0.6 is 22.9 Å². The van der Waals surface area contributed by atoms with Crippen LogP contribution in [0.2, 0.25) is 5.02 Å². The fourth-order valence-corrected chi connectivity index (χ4v) is 2.40. The first-order valence-electron chi connectivity index (χ1n) is 6.54. The van der Waals surface area contributed by atoms with Gasteiger partial charge in [0.15, 0.2) is 10.7 Å². The van der Waals surface area contributed by atoms with Crippen molar-refractivity contribution < 1.29 is 19.4 Å². The monoisotopic (exact) mass is 355 g/mol. The molecule has 2 heterocycles. The summed E-state index contributed by atoms with van der Waals surface area (Å²) < 4.78 is 5.56. The molecule has 0 fully saturated rings. The van der Waals surface area contributed by atoms with Crippen molar-refractivity contribution in [3.8, 4) is 5.88 Å². The summed E-state index contributed by atoms with van der Waals surface area (Å²) in [5, 5.41) is 13.7. The minimum atomic E-state index is -1.19. The van der Waals surface area contributed by atoms with Gasteiger partial charge in [0, 0.05) is 17.6 Å². The molecule has 0 unspecified atom stereocenters. The maximum absolute atomic E-state index is 12.3. The van der Waals surface area contributed by atoms with Gasteiger partial charge in [0.25, 0.3) is 5.91 Å². The number of anilines is 1. The van der Waals surface area contributed by atoms with Gasteiger partial charge in [-0.1, -0.05) is 11.6 Å². The Labute approximate surface area is 141 Å². The number of carbonyl (C=O) groups excluding carboxylic acids is 1. The molecular formula is C14H14ClN3O4S. The summed E-state index contributed by atoms with van der Waals surface area (Å²) in [6.45, 7) is 3.18. The normalized spacial score (nSPS) is 11.1. The molecule has 2 aromatic heterocycles. The van der Waals surface area contributed by atoms with Gasteiger partial charge in [0.2, 0.25) is 5.88 Å². The lowest BCUT2D eigenvalue weighted by molar-refractivity contribution is -0.136. The van der Waals surface area contributed by atoms with Crippen LogP contribution in [0, 0.1) is 0 Å². The Kier molecular flexibility index (Phi) is 5.17. The predicted octanol–water partition coefficient (Wildman–Crippen LogP) is 2.61. The predicted molar refractivity (Wildman–Crippen MR) is 86.0 cm³/mol. The number of hydrogen-bond acceptors (Lipinski definition) is 6. The van der Waals surface area contributed by atoms with Crippen LogP contribution in [0.5, 0.6) is 5.88 Å². The van der Waals surface area contributed by atoms with Crippen LogP contribution in [-0.2, 0) is 16.0 Å². The van der Waals surface area contributed by atoms with E-state index in [1.54, 1.807) is 31.4 Å². The van der Waals surface area contributed by atoms with E-state index in [2.05, 4.69) is 15.3 Å². The summed E-state index contributed by atoms with van der Waals surface area (Å²) in [6, 6.07) is 3.17. The van der Waals surface area contributed by atoms with Gasteiger partial charge in [-0.05, 0) is 19.9 Å². The fourth-order valence-electron chi connectivity index (χ4n) is 1.58. The molecule has 0 radical (unpaired) electrons. The molecule has 7 nitrogen and oxygen atoms in total. The summed E-state index contributed by atoms with van der Waals surface area (Å²) in [6.07, 6.45) is 1.23. The molecule has 9 heteroatoms. The van der Waals surface area contributed by atoms with Crippen molar-refractivity contribution in [3.63, 3.8) is 0 Å². The van der Waals surface area contributed by atoms with Gasteiger partial charge in [0.1, 0.15) is 0 Å². The fraction of sp³-hybridized carbons (Fsp3) is 0.286. The third kappa shape index (κ3) is 4.90. The van der Waals surface area contributed by atoms with Crippen LogP contribution in [0.25, 0.3) is 0 Å². The Morgan fingerprint density at radius 2 is 2.17 bits per heavy atom. The van der Waals surface area contributed by atoms with Crippen LogP contribution < -0.4 is 10.1 Å². The second kappa shape index (κ2) is 6.93. The quantitative estimate of drug-likeness (QED) is 0.825. The molecule has 0 aliphatic heterocycles. The molecule has 2 aromatic rings. The van der Waals surface area contributed by atoms with E-state index in [9.17, 15) is 9.59 Å². The minimum Gasteiger partial charge on any atom is -0.481 e. The van der Waals surface area contributed by atoms with Crippen LogP contribution in [0.1, 0.15) is 19.5 Å². The molecule has 2 N–H and O–H groups in total. The van der Waals surface area contributed by atoms with Crippen molar-refractivity contribution in [2.45, 2.75) is 25.9 Å². The van der Waals surface area contributed by atoms with E-state index in [-0.39, 0.29) is 12.3 Å². The third-order valence-corrected chi connectivity index (χ3v) is 3.74. The Morgan fingerprint density at radius 1 is 1.43 bits per heavy atom. The molecule has 23 heavy (non-hydrogen) atoms. The number of ether oxygens (including phenoxy) is 1. The highest BCUT2D eigenvalue weighted by molar-refractivity contribution is 7.13. The van der Waals surface area contributed by atoms with Gasteiger partial charge in [-0.3, -0.25) is 14.9 Å². The maximum Gasteiger partial charge on any atom is 0.309 e. The standard InChI is InChI=1S/C14H14ClN3O4S/c1-14(2,22-10-4-3-8(15)6-16-10)12(21)18-13-17-9(7-23-13)5-11(19)20/h3-4,6-7H,5H2,1-2H3,(H,19,20)(H,17,18,21). The zero-order valence-corrected chi connectivity index (χ0v) is 13.9. The minimum absolute atomic E-state index is 0.193. The van der Waals surface area contributed by atoms with E-state index in [1.807, 2.05) is 0 Å². The first-order valence-corrected chi connectivity index (χ1v) is 7.80. The number of nitrogens with zero attached hydrogens (tertiary/aromatic N) is 2. The number of rotatable bonds is 6. The zero-order valence-electron chi connectivity index (χ0n) is 12.4. The van der Waals surface area contributed by atoms with Gasteiger partial charge in [0.05, 0.1) is 17.1 Å². The summed E-state index contributed by atoms with van der Waals surface area (Å²) in [7, 11) is 0. The number of aromatic nitrogens is 2. The van der Waals surface area contributed by atoms with E-state index in [0.717, 1.165) is 11.3 Å². The number of nitrogens with one attached hydrogen (secondary N) is 1. The van der Waals surface area contributed by atoms with Crippen molar-refractivity contribution in [2.24, 2.45) is 0 Å². The first kappa shape index (κ1) is 17.2. The number of aliphatic carboxylic acids is 1. The third-order valence-electron chi connectivity index (χ3n) is 2.71. The van der Waals surface area contributed by atoms with Crippen molar-refractivity contribution >= 4 is 39.9 Å². The van der Waals surface area contributed by atoms with Crippen LogP contribution in [0.4, 0.5) is 5.13 Å². The number of thiazole rings is 1. The average Bonchev–Trinajstić information content (AvgIpc) is 2.87. The SMILES string of the molecule is CC(C)(Oc1ccc(Cl)cn1)C(=O)Nc1nc(CC(=O)O)cs1. The molecule has 1 amide bonds. The molecule has 0 saturated heterocycles. The lowest BCUT2D eigenvalue weighted by Gasteiger charge is -2.23. The second-order valence-electron chi connectivity index (χ2n) is 5.10. The highest BCUT2D eigenvalue weighted by Gasteiger charge is 2.31. The van der Waals surface area contributed by atoms with E-state index in [4.69, 9.17) is 21.4 Å². The number of carboxylic acid groups (broad SMARTS) is 1. The summed E-state index contributed by atoms with van der Waals surface area (Å²) >= 11 is 6.89. The molecule has 0 atom stereocenters. The molecule has 122 valence electrons.